The minimum atomic E-state index is -4.25. The van der Waals surface area contributed by atoms with Crippen LogP contribution in [-0.4, -0.2) is 78.9 Å². The highest BCUT2D eigenvalue weighted by atomic mass is 32.2. The molecule has 37 heavy (non-hydrogen) atoms. The van der Waals surface area contributed by atoms with Gasteiger partial charge in [-0.05, 0) is 40.0 Å². The van der Waals surface area contributed by atoms with Gasteiger partial charge in [0.25, 0.3) is 5.92 Å². The van der Waals surface area contributed by atoms with Crippen LogP contribution in [0.15, 0.2) is 21.6 Å². The zero-order valence-electron chi connectivity index (χ0n) is 20.5. The highest BCUT2D eigenvalue weighted by Crippen LogP contribution is 2.37. The minimum Gasteiger partial charge on any atom is -0.444 e. The van der Waals surface area contributed by atoms with Crippen LogP contribution in [0.25, 0.3) is 11.4 Å². The van der Waals surface area contributed by atoms with Crippen molar-refractivity contribution >= 4 is 27.5 Å². The number of carbonyl (C=O) groups is 2. The molecule has 0 aliphatic carbocycles. The molecule has 2 aliphatic heterocycles. The van der Waals surface area contributed by atoms with Crippen molar-refractivity contribution in [3.63, 3.8) is 0 Å². The number of carbonyl (C=O) groups excluding carboxylic acids is 2. The molecule has 0 bridgehead atoms. The maximum Gasteiger partial charge on any atom is 0.408 e. The summed E-state index contributed by atoms with van der Waals surface area (Å²) in [6, 6.07) is 0.210. The first-order chi connectivity index (χ1) is 17.0. The molecule has 1 fully saturated rings. The average molecular weight is 546 g/mol. The molecular weight excluding hydrogens is 519 g/mol. The van der Waals surface area contributed by atoms with Crippen LogP contribution in [0.2, 0.25) is 0 Å². The number of ether oxygens (including phenoxy) is 1. The van der Waals surface area contributed by atoms with E-state index < -0.39 is 74.8 Å². The number of hydrogen-bond donors (Lipinski definition) is 2. The Morgan fingerprint density at radius 2 is 2.03 bits per heavy atom. The van der Waals surface area contributed by atoms with Crippen molar-refractivity contribution in [1.29, 1.82) is 0 Å². The summed E-state index contributed by atoms with van der Waals surface area (Å²) in [4.78, 5) is 29.8. The Hall–Kier alpha value is -3.20. The first-order valence-electron chi connectivity index (χ1n) is 11.3. The van der Waals surface area contributed by atoms with E-state index in [1.807, 2.05) is 0 Å². The van der Waals surface area contributed by atoms with Crippen LogP contribution in [0.3, 0.4) is 0 Å². The molecule has 11 nitrogen and oxygen atoms in total. The summed E-state index contributed by atoms with van der Waals surface area (Å²) in [6.45, 7) is 4.60. The number of alkyl carbamates (subject to hydrolysis) is 1. The molecular formula is C22H26F3N5O6S. The van der Waals surface area contributed by atoms with Crippen molar-refractivity contribution in [2.45, 2.75) is 55.6 Å². The Balaban J connectivity index is 1.62. The molecule has 2 aromatic rings. The summed E-state index contributed by atoms with van der Waals surface area (Å²) >= 11 is 0. The second-order valence-corrected chi connectivity index (χ2v) is 12.2. The van der Waals surface area contributed by atoms with Crippen molar-refractivity contribution < 1.29 is 40.4 Å². The summed E-state index contributed by atoms with van der Waals surface area (Å²) in [5, 5.41) is 8.27. The summed E-state index contributed by atoms with van der Waals surface area (Å²) < 4.78 is 79.1. The summed E-state index contributed by atoms with van der Waals surface area (Å²) in [5.41, 5.74) is -1.46. The predicted octanol–water partition coefficient (Wildman–Crippen LogP) is 2.55. The zero-order valence-corrected chi connectivity index (χ0v) is 21.3. The number of likely N-dealkylation sites (N-methyl/N-ethyl adjacent to an activating group) is 1. The van der Waals surface area contributed by atoms with Gasteiger partial charge in [-0.25, -0.2) is 26.4 Å². The lowest BCUT2D eigenvalue weighted by Gasteiger charge is -2.33. The van der Waals surface area contributed by atoms with E-state index in [2.05, 4.69) is 20.8 Å². The number of anilines is 1. The molecule has 2 N–H and O–H groups in total. The molecule has 15 heteroatoms. The van der Waals surface area contributed by atoms with Crippen LogP contribution in [0.5, 0.6) is 0 Å². The Morgan fingerprint density at radius 1 is 1.32 bits per heavy atom. The molecule has 0 radical (unpaired) electrons. The zero-order chi connectivity index (χ0) is 27.3. The van der Waals surface area contributed by atoms with Crippen molar-refractivity contribution in [3.8, 4) is 11.4 Å². The number of nitrogens with zero attached hydrogens (tertiary/aromatic N) is 3. The van der Waals surface area contributed by atoms with E-state index in [0.29, 0.717) is 6.07 Å². The molecule has 202 valence electrons. The number of nitrogens with one attached hydrogen (secondary N) is 2. The lowest BCUT2D eigenvalue weighted by Crippen LogP contribution is -2.48. The predicted molar refractivity (Wildman–Crippen MR) is 123 cm³/mol. The Kier molecular flexibility index (Phi) is 6.73. The van der Waals surface area contributed by atoms with E-state index in [1.54, 1.807) is 20.8 Å². The molecule has 2 amide bonds. The Morgan fingerprint density at radius 3 is 2.68 bits per heavy atom. The number of benzene rings is 1. The van der Waals surface area contributed by atoms with Gasteiger partial charge in [0.05, 0.1) is 34.4 Å². The van der Waals surface area contributed by atoms with Gasteiger partial charge in [0.1, 0.15) is 17.5 Å². The number of fused-ring (bicyclic) bond motifs is 1. The molecule has 2 atom stereocenters. The lowest BCUT2D eigenvalue weighted by atomic mass is 9.95. The van der Waals surface area contributed by atoms with Crippen molar-refractivity contribution in [3.05, 3.63) is 23.8 Å². The van der Waals surface area contributed by atoms with E-state index >= 15 is 4.39 Å². The third-order valence-corrected chi connectivity index (χ3v) is 7.45. The molecule has 3 heterocycles. The third-order valence-electron chi connectivity index (χ3n) is 5.67. The molecule has 4 rings (SSSR count). The quantitative estimate of drug-likeness (QED) is 0.595. The number of sulfone groups is 1. The molecule has 1 aromatic carbocycles. The molecule has 1 saturated heterocycles. The van der Waals surface area contributed by atoms with Crippen molar-refractivity contribution in [2.24, 2.45) is 0 Å². The molecule has 1 aromatic heterocycles. The molecule has 2 aliphatic rings. The van der Waals surface area contributed by atoms with E-state index in [9.17, 15) is 26.8 Å². The van der Waals surface area contributed by atoms with Crippen LogP contribution in [0.1, 0.15) is 39.0 Å². The van der Waals surface area contributed by atoms with Gasteiger partial charge in [0.15, 0.2) is 9.84 Å². The topological polar surface area (TPSA) is 144 Å². The highest BCUT2D eigenvalue weighted by molar-refractivity contribution is 7.91. The number of hydrogen-bond acceptors (Lipinski definition) is 9. The van der Waals surface area contributed by atoms with Gasteiger partial charge in [-0.1, -0.05) is 5.16 Å². The SMILES string of the molecule is CN1CC(c2nc(-c3cc4c(cc3F)S(=O)(=O)C[C@H](NC(=O)OC(C)(C)C)C(=O)N4)no2)CC(F)(F)C1. The first kappa shape index (κ1) is 26.9. The van der Waals surface area contributed by atoms with E-state index in [4.69, 9.17) is 9.26 Å². The maximum absolute atomic E-state index is 15.0. The van der Waals surface area contributed by atoms with Gasteiger partial charge in [-0.2, -0.15) is 4.98 Å². The van der Waals surface area contributed by atoms with Gasteiger partial charge in [0.2, 0.25) is 17.6 Å². The summed E-state index contributed by atoms with van der Waals surface area (Å²) in [6.07, 6.45) is -1.52. The largest absolute Gasteiger partial charge is 0.444 e. The molecule has 0 saturated carbocycles. The number of piperidine rings is 1. The van der Waals surface area contributed by atoms with Crippen LogP contribution >= 0.6 is 0 Å². The Labute approximate surface area is 210 Å². The fourth-order valence-corrected chi connectivity index (χ4v) is 5.83. The number of alkyl halides is 2. The number of likely N-dealkylation sites (tertiary alicyclic amines) is 1. The van der Waals surface area contributed by atoms with Crippen LogP contribution < -0.4 is 10.6 Å². The van der Waals surface area contributed by atoms with Crippen LogP contribution in [-0.2, 0) is 19.4 Å². The lowest BCUT2D eigenvalue weighted by molar-refractivity contribution is -0.117. The molecule has 1 unspecified atom stereocenters. The number of amides is 2. The van der Waals surface area contributed by atoms with Crippen molar-refractivity contribution in [2.75, 3.05) is 31.2 Å². The maximum atomic E-state index is 15.0. The fraction of sp³-hybridized carbons (Fsp3) is 0.545. The standard InChI is InChI=1S/C22H26F3N5O6S/c1-21(2,3)35-20(32)27-15-9-37(33,34)16-6-13(23)12(5-14(16)26-18(15)31)17-28-19(36-29-17)11-7-22(24,25)10-30(4)8-11/h5-6,11,15H,7-10H2,1-4H3,(H,26,31)(H,27,32)/t11?,15-/m0/s1. The first-order valence-corrected chi connectivity index (χ1v) is 13.0. The van der Waals surface area contributed by atoms with Gasteiger partial charge in [-0.3, -0.25) is 9.69 Å². The Bertz CT molecular complexity index is 1340. The van der Waals surface area contributed by atoms with Gasteiger partial charge >= 0.3 is 6.09 Å². The monoisotopic (exact) mass is 545 g/mol. The van der Waals surface area contributed by atoms with Crippen molar-refractivity contribution in [1.82, 2.24) is 20.4 Å². The van der Waals surface area contributed by atoms with Gasteiger partial charge in [0, 0.05) is 13.0 Å². The van der Waals surface area contributed by atoms with E-state index in [-0.39, 0.29) is 29.5 Å². The average Bonchev–Trinajstić information content (AvgIpc) is 3.18. The number of halogens is 3. The van der Waals surface area contributed by atoms with Crippen LogP contribution in [0, 0.1) is 5.82 Å². The van der Waals surface area contributed by atoms with E-state index in [1.165, 1.54) is 11.9 Å². The second-order valence-electron chi connectivity index (χ2n) is 10.2. The van der Waals surface area contributed by atoms with Gasteiger partial charge < -0.3 is 19.9 Å². The molecule has 0 spiro atoms. The third kappa shape index (κ3) is 6.04. The number of aromatic nitrogens is 2. The fourth-order valence-electron chi connectivity index (χ4n) is 4.24. The normalized spacial score (nSPS) is 23.5. The summed E-state index contributed by atoms with van der Waals surface area (Å²) in [7, 11) is -2.72. The minimum absolute atomic E-state index is 0.117. The smallest absolute Gasteiger partial charge is 0.408 e. The second kappa shape index (κ2) is 9.28. The van der Waals surface area contributed by atoms with Crippen LogP contribution in [0.4, 0.5) is 23.7 Å². The number of rotatable bonds is 3. The van der Waals surface area contributed by atoms with E-state index in [0.717, 1.165) is 6.07 Å². The van der Waals surface area contributed by atoms with Gasteiger partial charge in [-0.15, -0.1) is 0 Å². The summed E-state index contributed by atoms with van der Waals surface area (Å²) in [5.74, 6) is -6.91. The highest BCUT2D eigenvalue weighted by Gasteiger charge is 2.42.